The van der Waals surface area contributed by atoms with Gasteiger partial charge in [-0.1, -0.05) is 25.0 Å². The average Bonchev–Trinajstić information content (AvgIpc) is 2.49. The number of benzene rings is 1. The minimum atomic E-state index is 0.406. The Hall–Kier alpha value is -0.670. The lowest BCUT2D eigenvalue weighted by Crippen LogP contribution is -2.41. The van der Waals surface area contributed by atoms with Gasteiger partial charge in [-0.15, -0.1) is 0 Å². The van der Waals surface area contributed by atoms with Gasteiger partial charge in [-0.05, 0) is 50.6 Å². The summed E-state index contributed by atoms with van der Waals surface area (Å²) in [5, 5.41) is 4.60. The highest BCUT2D eigenvalue weighted by Gasteiger charge is 2.25. The number of thioether (sulfide) groups is 1. The summed E-state index contributed by atoms with van der Waals surface area (Å²) in [7, 11) is 0. The summed E-state index contributed by atoms with van der Waals surface area (Å²) in [5.74, 6) is 0.961. The lowest BCUT2D eigenvalue weighted by atomic mass is 9.93. The average molecular weight is 293 g/mol. The molecule has 0 heterocycles. The Morgan fingerprint density at radius 1 is 1.25 bits per heavy atom. The largest absolute Gasteiger partial charge is 0.494 e. The minimum absolute atomic E-state index is 0.406. The van der Waals surface area contributed by atoms with E-state index in [0.29, 0.717) is 12.1 Å². The molecule has 1 N–H and O–H groups in total. The van der Waals surface area contributed by atoms with Crippen LogP contribution < -0.4 is 10.1 Å². The van der Waals surface area contributed by atoms with Gasteiger partial charge >= 0.3 is 0 Å². The van der Waals surface area contributed by atoms with E-state index in [0.717, 1.165) is 17.6 Å². The van der Waals surface area contributed by atoms with Gasteiger partial charge in [0.15, 0.2) is 0 Å². The summed E-state index contributed by atoms with van der Waals surface area (Å²) in [6.45, 7) is 5.01. The molecule has 2 nitrogen and oxygen atoms in total. The van der Waals surface area contributed by atoms with Crippen molar-refractivity contribution in [2.24, 2.45) is 0 Å². The Balaban J connectivity index is 1.94. The van der Waals surface area contributed by atoms with Gasteiger partial charge in [-0.3, -0.25) is 0 Å². The standard InChI is InChI=1S/C17H27NOS/c1-4-19-15-11-9-14(10-12-15)13(2)18-16-7-5-6-8-17(16)20-3/h9-13,16-18H,4-8H2,1-3H3. The Morgan fingerprint density at radius 2 is 1.95 bits per heavy atom. The topological polar surface area (TPSA) is 21.3 Å². The number of hydrogen-bond acceptors (Lipinski definition) is 3. The van der Waals surface area contributed by atoms with Gasteiger partial charge in [0.25, 0.3) is 0 Å². The fourth-order valence-electron chi connectivity index (χ4n) is 3.01. The second-order valence-electron chi connectivity index (χ2n) is 5.56. The maximum absolute atomic E-state index is 5.50. The van der Waals surface area contributed by atoms with Gasteiger partial charge in [-0.2, -0.15) is 11.8 Å². The van der Waals surface area contributed by atoms with Crippen LogP contribution in [-0.2, 0) is 0 Å². The Bertz CT molecular complexity index is 392. The van der Waals surface area contributed by atoms with E-state index >= 15 is 0 Å². The highest BCUT2D eigenvalue weighted by Crippen LogP contribution is 2.29. The van der Waals surface area contributed by atoms with Crippen LogP contribution in [0.4, 0.5) is 0 Å². The molecule has 1 fully saturated rings. The highest BCUT2D eigenvalue weighted by molar-refractivity contribution is 7.99. The van der Waals surface area contributed by atoms with Crippen LogP contribution in [0.25, 0.3) is 0 Å². The van der Waals surface area contributed by atoms with Gasteiger partial charge in [0, 0.05) is 17.3 Å². The van der Waals surface area contributed by atoms with E-state index in [4.69, 9.17) is 4.74 Å². The van der Waals surface area contributed by atoms with Crippen LogP contribution in [0.1, 0.15) is 51.1 Å². The van der Waals surface area contributed by atoms with E-state index in [-0.39, 0.29) is 0 Å². The van der Waals surface area contributed by atoms with Crippen LogP contribution >= 0.6 is 11.8 Å². The van der Waals surface area contributed by atoms with Gasteiger partial charge in [0.2, 0.25) is 0 Å². The fourth-order valence-corrected chi connectivity index (χ4v) is 3.95. The zero-order chi connectivity index (χ0) is 14.4. The molecule has 3 atom stereocenters. The molecule has 20 heavy (non-hydrogen) atoms. The molecule has 112 valence electrons. The van der Waals surface area contributed by atoms with E-state index in [2.05, 4.69) is 42.8 Å². The zero-order valence-corrected chi connectivity index (χ0v) is 13.7. The monoisotopic (exact) mass is 293 g/mol. The SMILES string of the molecule is CCOc1ccc(C(C)NC2CCCCC2SC)cc1. The Kier molecular flexibility index (Phi) is 6.24. The first kappa shape index (κ1) is 15.7. The smallest absolute Gasteiger partial charge is 0.119 e. The van der Waals surface area contributed by atoms with Crippen molar-refractivity contribution < 1.29 is 4.74 Å². The lowest BCUT2D eigenvalue weighted by molar-refractivity contribution is 0.339. The molecule has 3 heteroatoms. The quantitative estimate of drug-likeness (QED) is 0.839. The van der Waals surface area contributed by atoms with Crippen molar-refractivity contribution in [3.8, 4) is 5.75 Å². The number of ether oxygens (including phenoxy) is 1. The van der Waals surface area contributed by atoms with Gasteiger partial charge in [0.1, 0.15) is 5.75 Å². The summed E-state index contributed by atoms with van der Waals surface area (Å²) in [4.78, 5) is 0. The molecular weight excluding hydrogens is 266 g/mol. The van der Waals surface area contributed by atoms with Crippen LogP contribution in [0.2, 0.25) is 0 Å². The summed E-state index contributed by atoms with van der Waals surface area (Å²) in [6.07, 6.45) is 7.67. The Morgan fingerprint density at radius 3 is 2.60 bits per heavy atom. The van der Waals surface area contributed by atoms with Crippen molar-refractivity contribution in [2.45, 2.75) is 56.9 Å². The maximum Gasteiger partial charge on any atom is 0.119 e. The maximum atomic E-state index is 5.50. The third-order valence-corrected chi connectivity index (χ3v) is 5.33. The predicted molar refractivity (Wildman–Crippen MR) is 88.7 cm³/mol. The highest BCUT2D eigenvalue weighted by atomic mass is 32.2. The summed E-state index contributed by atoms with van der Waals surface area (Å²) in [5.41, 5.74) is 1.35. The first-order valence-corrected chi connectivity index (χ1v) is 9.05. The van der Waals surface area contributed by atoms with Crippen LogP contribution in [0.3, 0.4) is 0 Å². The van der Waals surface area contributed by atoms with Gasteiger partial charge in [0.05, 0.1) is 6.61 Å². The van der Waals surface area contributed by atoms with Crippen LogP contribution in [0.15, 0.2) is 24.3 Å². The van der Waals surface area contributed by atoms with E-state index < -0.39 is 0 Å². The van der Waals surface area contributed by atoms with Crippen molar-refractivity contribution in [1.29, 1.82) is 0 Å². The summed E-state index contributed by atoms with van der Waals surface area (Å²) in [6, 6.07) is 9.57. The molecule has 1 aromatic carbocycles. The van der Waals surface area contributed by atoms with Crippen molar-refractivity contribution >= 4 is 11.8 Å². The van der Waals surface area contributed by atoms with Crippen molar-refractivity contribution in [1.82, 2.24) is 5.32 Å². The molecule has 0 saturated heterocycles. The van der Waals surface area contributed by atoms with E-state index in [1.54, 1.807) is 0 Å². The fraction of sp³-hybridized carbons (Fsp3) is 0.647. The molecule has 1 saturated carbocycles. The van der Waals surface area contributed by atoms with Gasteiger partial charge in [-0.25, -0.2) is 0 Å². The van der Waals surface area contributed by atoms with Crippen molar-refractivity contribution in [3.63, 3.8) is 0 Å². The first-order chi connectivity index (χ1) is 9.74. The molecule has 0 aromatic heterocycles. The van der Waals surface area contributed by atoms with Gasteiger partial charge < -0.3 is 10.1 Å². The molecule has 2 rings (SSSR count). The van der Waals surface area contributed by atoms with E-state index in [9.17, 15) is 0 Å². The molecular formula is C17H27NOS. The molecule has 1 aromatic rings. The molecule has 1 aliphatic rings. The number of hydrogen-bond donors (Lipinski definition) is 1. The third-order valence-electron chi connectivity index (χ3n) is 4.16. The van der Waals surface area contributed by atoms with Crippen LogP contribution in [0.5, 0.6) is 5.75 Å². The van der Waals surface area contributed by atoms with E-state index in [1.165, 1.54) is 31.2 Å². The molecule has 3 unspecified atom stereocenters. The molecule has 0 spiro atoms. The normalized spacial score (nSPS) is 24.4. The molecule has 0 radical (unpaired) electrons. The molecule has 0 aliphatic heterocycles. The third kappa shape index (κ3) is 4.16. The van der Waals surface area contributed by atoms with Crippen molar-refractivity contribution in [3.05, 3.63) is 29.8 Å². The van der Waals surface area contributed by atoms with Crippen molar-refractivity contribution in [2.75, 3.05) is 12.9 Å². The van der Waals surface area contributed by atoms with Crippen LogP contribution in [-0.4, -0.2) is 24.2 Å². The number of rotatable bonds is 6. The second kappa shape index (κ2) is 7.94. The lowest BCUT2D eigenvalue weighted by Gasteiger charge is -2.33. The van der Waals surface area contributed by atoms with Crippen LogP contribution in [0, 0.1) is 0 Å². The van der Waals surface area contributed by atoms with E-state index in [1.807, 2.05) is 18.7 Å². The molecule has 0 bridgehead atoms. The molecule has 0 amide bonds. The molecule has 1 aliphatic carbocycles. The second-order valence-corrected chi connectivity index (χ2v) is 6.63. The Labute approximate surface area is 127 Å². The first-order valence-electron chi connectivity index (χ1n) is 7.76. The minimum Gasteiger partial charge on any atom is -0.494 e. The summed E-state index contributed by atoms with van der Waals surface area (Å²) < 4.78 is 5.50. The summed E-state index contributed by atoms with van der Waals surface area (Å²) >= 11 is 2.02. The predicted octanol–water partition coefficient (Wildman–Crippen LogP) is 4.41. The number of nitrogens with one attached hydrogen (secondary N) is 1. The zero-order valence-electron chi connectivity index (χ0n) is 12.9.